The SMILES string of the molecule is CC(C)CC(=O)Nc1ccc(Cc2ccc(NC(=O)CC(C)C)cc2)cc1. The molecule has 2 amide bonds. The quantitative estimate of drug-likeness (QED) is 0.670. The van der Waals surface area contributed by atoms with Crippen LogP contribution in [-0.4, -0.2) is 11.8 Å². The summed E-state index contributed by atoms with van der Waals surface area (Å²) in [6.07, 6.45) is 1.87. The number of amides is 2. The molecule has 0 bridgehead atoms. The largest absolute Gasteiger partial charge is 0.326 e. The summed E-state index contributed by atoms with van der Waals surface area (Å²) in [4.78, 5) is 23.7. The van der Waals surface area contributed by atoms with E-state index in [-0.39, 0.29) is 11.8 Å². The maximum absolute atomic E-state index is 11.8. The molecule has 0 fully saturated rings. The fourth-order valence-electron chi connectivity index (χ4n) is 2.81. The molecule has 27 heavy (non-hydrogen) atoms. The minimum absolute atomic E-state index is 0.0489. The highest BCUT2D eigenvalue weighted by Crippen LogP contribution is 2.17. The van der Waals surface area contributed by atoms with Crippen LogP contribution in [0.5, 0.6) is 0 Å². The van der Waals surface area contributed by atoms with Crippen molar-refractivity contribution in [1.82, 2.24) is 0 Å². The van der Waals surface area contributed by atoms with Crippen LogP contribution in [0.4, 0.5) is 11.4 Å². The molecule has 4 heteroatoms. The molecular formula is C23H30N2O2. The molecule has 0 saturated heterocycles. The first-order chi connectivity index (χ1) is 12.8. The Morgan fingerprint density at radius 2 is 1.00 bits per heavy atom. The predicted molar refractivity (Wildman–Crippen MR) is 112 cm³/mol. The lowest BCUT2D eigenvalue weighted by Crippen LogP contribution is -2.13. The van der Waals surface area contributed by atoms with Gasteiger partial charge in [0, 0.05) is 24.2 Å². The summed E-state index contributed by atoms with van der Waals surface area (Å²) in [6.45, 7) is 8.13. The topological polar surface area (TPSA) is 58.2 Å². The van der Waals surface area contributed by atoms with Crippen molar-refractivity contribution in [2.24, 2.45) is 11.8 Å². The highest BCUT2D eigenvalue weighted by Gasteiger charge is 2.07. The molecule has 144 valence electrons. The van der Waals surface area contributed by atoms with E-state index in [4.69, 9.17) is 0 Å². The average Bonchev–Trinajstić information content (AvgIpc) is 2.57. The van der Waals surface area contributed by atoms with Crippen molar-refractivity contribution in [3.05, 3.63) is 59.7 Å². The van der Waals surface area contributed by atoms with Gasteiger partial charge in [-0.15, -0.1) is 0 Å². The van der Waals surface area contributed by atoms with Crippen LogP contribution >= 0.6 is 0 Å². The maximum Gasteiger partial charge on any atom is 0.224 e. The second-order valence-electron chi connectivity index (χ2n) is 7.86. The van der Waals surface area contributed by atoms with Crippen LogP contribution in [0, 0.1) is 11.8 Å². The highest BCUT2D eigenvalue weighted by atomic mass is 16.2. The van der Waals surface area contributed by atoms with E-state index in [2.05, 4.69) is 10.6 Å². The van der Waals surface area contributed by atoms with Gasteiger partial charge in [-0.25, -0.2) is 0 Å². The van der Waals surface area contributed by atoms with Crippen molar-refractivity contribution in [2.75, 3.05) is 10.6 Å². The summed E-state index contributed by atoms with van der Waals surface area (Å²) in [7, 11) is 0. The van der Waals surface area contributed by atoms with E-state index in [1.54, 1.807) is 0 Å². The average molecular weight is 367 g/mol. The van der Waals surface area contributed by atoms with Crippen molar-refractivity contribution in [1.29, 1.82) is 0 Å². The lowest BCUT2D eigenvalue weighted by atomic mass is 10.0. The molecule has 2 aromatic carbocycles. The summed E-state index contributed by atoms with van der Waals surface area (Å²) in [5.41, 5.74) is 4.00. The Bertz CT molecular complexity index is 681. The number of carbonyl (C=O) groups is 2. The Kier molecular flexibility index (Phi) is 7.59. The van der Waals surface area contributed by atoms with Crippen LogP contribution in [0.15, 0.2) is 48.5 Å². The zero-order chi connectivity index (χ0) is 19.8. The molecule has 0 atom stereocenters. The fraction of sp³-hybridized carbons (Fsp3) is 0.391. The summed E-state index contributed by atoms with van der Waals surface area (Å²) >= 11 is 0. The molecule has 0 unspecified atom stereocenters. The molecule has 2 N–H and O–H groups in total. The van der Waals surface area contributed by atoms with Gasteiger partial charge in [0.15, 0.2) is 0 Å². The lowest BCUT2D eigenvalue weighted by Gasteiger charge is -2.09. The lowest BCUT2D eigenvalue weighted by molar-refractivity contribution is -0.117. The number of hydrogen-bond donors (Lipinski definition) is 2. The predicted octanol–water partition coefficient (Wildman–Crippen LogP) is 5.25. The van der Waals surface area contributed by atoms with Crippen LogP contribution in [-0.2, 0) is 16.0 Å². The van der Waals surface area contributed by atoms with E-state index in [0.29, 0.717) is 24.7 Å². The summed E-state index contributed by atoms with van der Waals surface area (Å²) < 4.78 is 0. The zero-order valence-corrected chi connectivity index (χ0v) is 16.7. The van der Waals surface area contributed by atoms with Crippen molar-refractivity contribution in [3.63, 3.8) is 0 Å². The molecule has 2 rings (SSSR count). The number of carbonyl (C=O) groups excluding carboxylic acids is 2. The van der Waals surface area contributed by atoms with Crippen molar-refractivity contribution >= 4 is 23.2 Å². The molecular weight excluding hydrogens is 336 g/mol. The molecule has 0 aliphatic carbocycles. The van der Waals surface area contributed by atoms with Gasteiger partial charge in [-0.2, -0.15) is 0 Å². The van der Waals surface area contributed by atoms with Crippen LogP contribution in [0.25, 0.3) is 0 Å². The standard InChI is InChI=1S/C23H30N2O2/c1-16(2)13-22(26)24-20-9-5-18(6-10-20)15-19-7-11-21(12-8-19)25-23(27)14-17(3)4/h5-12,16-17H,13-15H2,1-4H3,(H,24,26)(H,25,27). The first-order valence-electron chi connectivity index (χ1n) is 9.59. The van der Waals surface area contributed by atoms with E-state index in [9.17, 15) is 9.59 Å². The van der Waals surface area contributed by atoms with Crippen LogP contribution in [0.3, 0.4) is 0 Å². The Morgan fingerprint density at radius 1 is 0.667 bits per heavy atom. The van der Waals surface area contributed by atoms with E-state index in [1.807, 2.05) is 76.2 Å². The van der Waals surface area contributed by atoms with Crippen LogP contribution in [0.2, 0.25) is 0 Å². The third-order valence-electron chi connectivity index (χ3n) is 4.07. The fourth-order valence-corrected chi connectivity index (χ4v) is 2.81. The minimum Gasteiger partial charge on any atom is -0.326 e. The molecule has 2 aromatic rings. The minimum atomic E-state index is 0.0489. The summed E-state index contributed by atoms with van der Waals surface area (Å²) in [6, 6.07) is 15.9. The number of benzene rings is 2. The third-order valence-corrected chi connectivity index (χ3v) is 4.07. The first-order valence-corrected chi connectivity index (χ1v) is 9.59. The summed E-state index contributed by atoms with van der Waals surface area (Å²) in [5.74, 6) is 0.797. The van der Waals surface area contributed by atoms with Gasteiger partial charge in [-0.1, -0.05) is 52.0 Å². The molecule has 0 radical (unpaired) electrons. The Hall–Kier alpha value is -2.62. The van der Waals surface area contributed by atoms with Crippen molar-refractivity contribution in [2.45, 2.75) is 47.0 Å². The maximum atomic E-state index is 11.8. The van der Waals surface area contributed by atoms with Gasteiger partial charge in [0.25, 0.3) is 0 Å². The van der Waals surface area contributed by atoms with Gasteiger partial charge in [-0.3, -0.25) is 9.59 Å². The molecule has 0 aliphatic heterocycles. The normalized spacial score (nSPS) is 10.9. The van der Waals surface area contributed by atoms with E-state index >= 15 is 0 Å². The molecule has 0 aromatic heterocycles. The molecule has 4 nitrogen and oxygen atoms in total. The van der Waals surface area contributed by atoms with Gasteiger partial charge in [0.05, 0.1) is 0 Å². The molecule has 0 spiro atoms. The zero-order valence-electron chi connectivity index (χ0n) is 16.7. The number of nitrogens with one attached hydrogen (secondary N) is 2. The van der Waals surface area contributed by atoms with Crippen LogP contribution < -0.4 is 10.6 Å². The first kappa shape index (κ1) is 20.7. The van der Waals surface area contributed by atoms with E-state index in [1.165, 1.54) is 11.1 Å². The molecule has 0 aliphatic rings. The van der Waals surface area contributed by atoms with Crippen LogP contribution in [0.1, 0.15) is 51.7 Å². The third kappa shape index (κ3) is 7.65. The smallest absolute Gasteiger partial charge is 0.224 e. The van der Waals surface area contributed by atoms with E-state index < -0.39 is 0 Å². The van der Waals surface area contributed by atoms with E-state index in [0.717, 1.165) is 17.8 Å². The molecule has 0 saturated carbocycles. The van der Waals surface area contributed by atoms with Gasteiger partial charge in [0.1, 0.15) is 0 Å². The summed E-state index contributed by atoms with van der Waals surface area (Å²) in [5, 5.41) is 5.85. The Morgan fingerprint density at radius 3 is 1.30 bits per heavy atom. The molecule has 0 heterocycles. The second-order valence-corrected chi connectivity index (χ2v) is 7.86. The van der Waals surface area contributed by atoms with Gasteiger partial charge in [0.2, 0.25) is 11.8 Å². The monoisotopic (exact) mass is 366 g/mol. The number of hydrogen-bond acceptors (Lipinski definition) is 2. The number of rotatable bonds is 8. The van der Waals surface area contributed by atoms with Gasteiger partial charge >= 0.3 is 0 Å². The van der Waals surface area contributed by atoms with Gasteiger partial charge < -0.3 is 10.6 Å². The number of anilines is 2. The van der Waals surface area contributed by atoms with Crippen molar-refractivity contribution < 1.29 is 9.59 Å². The second kappa shape index (κ2) is 9.91. The Labute approximate surface area is 162 Å². The van der Waals surface area contributed by atoms with Crippen molar-refractivity contribution in [3.8, 4) is 0 Å². The Balaban J connectivity index is 1.89. The van der Waals surface area contributed by atoms with Gasteiger partial charge in [-0.05, 0) is 53.6 Å². The highest BCUT2D eigenvalue weighted by molar-refractivity contribution is 5.91.